The zero-order valence-corrected chi connectivity index (χ0v) is 18.5. The molecule has 0 bridgehead atoms. The summed E-state index contributed by atoms with van der Waals surface area (Å²) in [6.45, 7) is 3.03. The second kappa shape index (κ2) is 9.18. The minimum atomic E-state index is -0.133. The third-order valence-electron chi connectivity index (χ3n) is 5.01. The number of aromatic nitrogens is 3. The second-order valence-corrected chi connectivity index (χ2v) is 8.16. The number of amides is 1. The fourth-order valence-electron chi connectivity index (χ4n) is 3.48. The highest BCUT2D eigenvalue weighted by Gasteiger charge is 2.16. The van der Waals surface area contributed by atoms with Crippen LogP contribution >= 0.6 is 11.3 Å². The number of fused-ring (bicyclic) bond motifs is 1. The first-order chi connectivity index (χ1) is 15.1. The maximum atomic E-state index is 12.9. The van der Waals surface area contributed by atoms with Crippen LogP contribution in [0.2, 0.25) is 0 Å². The molecule has 0 saturated heterocycles. The van der Waals surface area contributed by atoms with Gasteiger partial charge >= 0.3 is 0 Å². The maximum Gasteiger partial charge on any atom is 0.252 e. The zero-order valence-electron chi connectivity index (χ0n) is 17.7. The first-order valence-electron chi connectivity index (χ1n) is 9.93. The largest absolute Gasteiger partial charge is 0.493 e. The maximum absolute atomic E-state index is 12.9. The number of benzene rings is 1. The molecule has 0 atom stereocenters. The van der Waals surface area contributed by atoms with Gasteiger partial charge in [0.2, 0.25) is 0 Å². The van der Waals surface area contributed by atoms with Crippen LogP contribution in [0.4, 0.5) is 0 Å². The van der Waals surface area contributed by atoms with Crippen molar-refractivity contribution in [2.45, 2.75) is 19.9 Å². The molecule has 4 rings (SSSR count). The van der Waals surface area contributed by atoms with Crippen molar-refractivity contribution >= 4 is 28.3 Å². The molecule has 0 aliphatic rings. The van der Waals surface area contributed by atoms with Crippen molar-refractivity contribution < 1.29 is 14.3 Å². The summed E-state index contributed by atoms with van der Waals surface area (Å²) >= 11 is 1.67. The molecule has 3 aromatic heterocycles. The lowest BCUT2D eigenvalue weighted by Gasteiger charge is -2.11. The van der Waals surface area contributed by atoms with Crippen LogP contribution in [-0.4, -0.2) is 41.4 Å². The summed E-state index contributed by atoms with van der Waals surface area (Å²) in [6, 6.07) is 11.7. The Morgan fingerprint density at radius 3 is 2.74 bits per heavy atom. The topological polar surface area (TPSA) is 78.3 Å². The van der Waals surface area contributed by atoms with Gasteiger partial charge in [-0.3, -0.25) is 4.79 Å². The van der Waals surface area contributed by atoms with Gasteiger partial charge in [-0.25, -0.2) is 9.67 Å². The molecular formula is C23H24N4O3S. The molecule has 0 spiro atoms. The average Bonchev–Trinajstić information content (AvgIpc) is 3.43. The van der Waals surface area contributed by atoms with Gasteiger partial charge in [0, 0.05) is 17.1 Å². The number of carbonyl (C=O) groups excluding carboxylic acids is 1. The molecule has 0 unspecified atom stereocenters. The van der Waals surface area contributed by atoms with E-state index in [0.29, 0.717) is 36.6 Å². The highest BCUT2D eigenvalue weighted by Crippen LogP contribution is 2.27. The molecule has 3 heterocycles. The van der Waals surface area contributed by atoms with E-state index in [9.17, 15) is 4.79 Å². The standard InChI is InChI=1S/C23H24N4O3S/c1-15-11-18(19-13-25-27(22(19)26-15)14-17-5-4-10-31-17)23(28)24-9-8-16-6-7-20(29-2)21(12-16)30-3/h4-7,10-13H,8-9,14H2,1-3H3,(H,24,28). The summed E-state index contributed by atoms with van der Waals surface area (Å²) in [5, 5.41) is 10.3. The van der Waals surface area contributed by atoms with E-state index in [0.717, 1.165) is 22.3 Å². The van der Waals surface area contributed by atoms with Crippen molar-refractivity contribution in [2.75, 3.05) is 20.8 Å². The van der Waals surface area contributed by atoms with Crippen molar-refractivity contribution in [2.24, 2.45) is 0 Å². The van der Waals surface area contributed by atoms with Gasteiger partial charge in [0.15, 0.2) is 17.1 Å². The summed E-state index contributed by atoms with van der Waals surface area (Å²) in [5.74, 6) is 1.23. The highest BCUT2D eigenvalue weighted by molar-refractivity contribution is 7.09. The fraction of sp³-hybridized carbons (Fsp3) is 0.261. The minimum absolute atomic E-state index is 0.133. The lowest BCUT2D eigenvalue weighted by Crippen LogP contribution is -2.26. The predicted molar refractivity (Wildman–Crippen MR) is 121 cm³/mol. The van der Waals surface area contributed by atoms with Gasteiger partial charge in [0.25, 0.3) is 5.91 Å². The molecule has 8 heteroatoms. The minimum Gasteiger partial charge on any atom is -0.493 e. The quantitative estimate of drug-likeness (QED) is 0.454. The molecule has 0 saturated carbocycles. The third kappa shape index (κ3) is 4.54. The van der Waals surface area contributed by atoms with Crippen LogP contribution in [0.1, 0.15) is 26.5 Å². The average molecular weight is 437 g/mol. The Hall–Kier alpha value is -3.39. The van der Waals surface area contributed by atoms with Crippen LogP contribution in [-0.2, 0) is 13.0 Å². The number of pyridine rings is 1. The Morgan fingerprint density at radius 1 is 1.16 bits per heavy atom. The molecule has 1 aromatic carbocycles. The van der Waals surface area contributed by atoms with E-state index in [4.69, 9.17) is 9.47 Å². The lowest BCUT2D eigenvalue weighted by molar-refractivity contribution is 0.0955. The lowest BCUT2D eigenvalue weighted by atomic mass is 10.1. The molecule has 1 N–H and O–H groups in total. The summed E-state index contributed by atoms with van der Waals surface area (Å²) in [6.07, 6.45) is 2.40. The van der Waals surface area contributed by atoms with Gasteiger partial charge < -0.3 is 14.8 Å². The van der Waals surface area contributed by atoms with Crippen LogP contribution in [0.25, 0.3) is 11.0 Å². The van der Waals surface area contributed by atoms with Crippen LogP contribution in [0, 0.1) is 6.92 Å². The first-order valence-corrected chi connectivity index (χ1v) is 10.8. The van der Waals surface area contributed by atoms with Crippen molar-refractivity contribution in [1.29, 1.82) is 0 Å². The Bertz CT molecular complexity index is 1200. The third-order valence-corrected chi connectivity index (χ3v) is 5.88. The Kier molecular flexibility index (Phi) is 6.18. The Labute approximate surface area is 184 Å². The van der Waals surface area contributed by atoms with Crippen LogP contribution in [0.15, 0.2) is 48.0 Å². The van der Waals surface area contributed by atoms with E-state index in [2.05, 4.69) is 21.5 Å². The Morgan fingerprint density at radius 2 is 2.00 bits per heavy atom. The van der Waals surface area contributed by atoms with Gasteiger partial charge in [-0.05, 0) is 48.6 Å². The summed E-state index contributed by atoms with van der Waals surface area (Å²) in [4.78, 5) is 18.7. The van der Waals surface area contributed by atoms with Gasteiger partial charge in [-0.2, -0.15) is 5.10 Å². The molecule has 0 fully saturated rings. The predicted octanol–water partition coefficient (Wildman–Crippen LogP) is 3.84. The molecule has 31 heavy (non-hydrogen) atoms. The fourth-order valence-corrected chi connectivity index (χ4v) is 4.16. The number of nitrogens with zero attached hydrogens (tertiary/aromatic N) is 3. The van der Waals surface area contributed by atoms with Crippen molar-refractivity contribution in [3.8, 4) is 11.5 Å². The van der Waals surface area contributed by atoms with Gasteiger partial charge in [0.1, 0.15) is 0 Å². The van der Waals surface area contributed by atoms with Gasteiger partial charge in [-0.15, -0.1) is 11.3 Å². The molecular weight excluding hydrogens is 412 g/mol. The first kappa shape index (κ1) is 20.9. The van der Waals surface area contributed by atoms with Crippen LogP contribution in [0.5, 0.6) is 11.5 Å². The number of hydrogen-bond acceptors (Lipinski definition) is 6. The molecule has 0 radical (unpaired) electrons. The number of rotatable bonds is 8. The van der Waals surface area contributed by atoms with E-state index in [1.54, 1.807) is 31.8 Å². The van der Waals surface area contributed by atoms with E-state index in [1.165, 1.54) is 4.88 Å². The SMILES string of the molecule is COc1ccc(CCNC(=O)c2cc(C)nc3c2cnn3Cc2cccs2)cc1OC. The van der Waals surface area contributed by atoms with Gasteiger partial charge in [-0.1, -0.05) is 12.1 Å². The summed E-state index contributed by atoms with van der Waals surface area (Å²) < 4.78 is 12.5. The number of thiophene rings is 1. The molecule has 1 amide bonds. The van der Waals surface area contributed by atoms with Crippen molar-refractivity contribution in [3.63, 3.8) is 0 Å². The summed E-state index contributed by atoms with van der Waals surface area (Å²) in [5.41, 5.74) is 3.15. The number of methoxy groups -OCH3 is 2. The molecule has 7 nitrogen and oxygen atoms in total. The van der Waals surface area contributed by atoms with E-state index in [-0.39, 0.29) is 5.91 Å². The zero-order chi connectivity index (χ0) is 21.8. The van der Waals surface area contributed by atoms with Crippen molar-refractivity contribution in [1.82, 2.24) is 20.1 Å². The molecule has 0 aliphatic carbocycles. The van der Waals surface area contributed by atoms with E-state index < -0.39 is 0 Å². The highest BCUT2D eigenvalue weighted by atomic mass is 32.1. The smallest absolute Gasteiger partial charge is 0.252 e. The number of ether oxygens (including phenoxy) is 2. The normalized spacial score (nSPS) is 10.9. The Balaban J connectivity index is 1.48. The van der Waals surface area contributed by atoms with Gasteiger partial charge in [0.05, 0.1) is 37.9 Å². The number of nitrogens with one attached hydrogen (secondary N) is 1. The number of carbonyl (C=O) groups is 1. The van der Waals surface area contributed by atoms with Crippen molar-refractivity contribution in [3.05, 3.63) is 69.7 Å². The van der Waals surface area contributed by atoms with Crippen LogP contribution < -0.4 is 14.8 Å². The van der Waals surface area contributed by atoms with E-state index in [1.807, 2.05) is 47.3 Å². The monoisotopic (exact) mass is 436 g/mol. The second-order valence-electron chi connectivity index (χ2n) is 7.13. The molecule has 4 aromatic rings. The van der Waals surface area contributed by atoms with Crippen LogP contribution in [0.3, 0.4) is 0 Å². The summed E-state index contributed by atoms with van der Waals surface area (Å²) in [7, 11) is 3.22. The molecule has 0 aliphatic heterocycles. The number of aryl methyl sites for hydroxylation is 1. The molecule has 160 valence electrons. The van der Waals surface area contributed by atoms with E-state index >= 15 is 0 Å². The number of hydrogen-bond donors (Lipinski definition) is 1.